The van der Waals surface area contributed by atoms with Gasteiger partial charge in [0.1, 0.15) is 5.75 Å². The average Bonchev–Trinajstić information content (AvgIpc) is 2.99. The van der Waals surface area contributed by atoms with E-state index in [1.54, 1.807) is 37.6 Å². The zero-order valence-corrected chi connectivity index (χ0v) is 14.6. The number of nitrogens with zero attached hydrogens (tertiary/aromatic N) is 1. The Morgan fingerprint density at radius 1 is 1.20 bits per heavy atom. The van der Waals surface area contributed by atoms with Crippen molar-refractivity contribution >= 4 is 34.3 Å². The van der Waals surface area contributed by atoms with Gasteiger partial charge in [-0.05, 0) is 29.8 Å². The van der Waals surface area contributed by atoms with Crippen molar-refractivity contribution in [2.45, 2.75) is 13.5 Å². The molecule has 0 spiro atoms. The van der Waals surface area contributed by atoms with Crippen LogP contribution < -0.4 is 10.1 Å². The summed E-state index contributed by atoms with van der Waals surface area (Å²) in [6.45, 7) is 1.75. The number of nitrogens with one attached hydrogen (secondary N) is 1. The summed E-state index contributed by atoms with van der Waals surface area (Å²) < 4.78 is 6.69. The Kier molecular flexibility index (Phi) is 4.76. The summed E-state index contributed by atoms with van der Waals surface area (Å²) in [4.78, 5) is 24.5. The van der Waals surface area contributed by atoms with Crippen LogP contribution in [-0.4, -0.2) is 23.5 Å². The smallest absolute Gasteiger partial charge is 0.253 e. The second kappa shape index (κ2) is 6.99. The van der Waals surface area contributed by atoms with Gasteiger partial charge in [-0.25, -0.2) is 0 Å². The van der Waals surface area contributed by atoms with Crippen LogP contribution in [0.4, 0.5) is 0 Å². The van der Waals surface area contributed by atoms with E-state index in [0.717, 1.165) is 5.56 Å². The first-order chi connectivity index (χ1) is 12.0. The minimum Gasteiger partial charge on any atom is -0.497 e. The maximum Gasteiger partial charge on any atom is 0.253 e. The fourth-order valence-electron chi connectivity index (χ4n) is 2.69. The van der Waals surface area contributed by atoms with Crippen molar-refractivity contribution in [3.8, 4) is 5.75 Å². The summed E-state index contributed by atoms with van der Waals surface area (Å²) in [5.41, 5.74) is 1.90. The third-order valence-electron chi connectivity index (χ3n) is 3.99. The minimum absolute atomic E-state index is 0.166. The molecule has 3 aromatic rings. The lowest BCUT2D eigenvalue weighted by Gasteiger charge is -2.06. The van der Waals surface area contributed by atoms with Crippen LogP contribution in [0.2, 0.25) is 5.02 Å². The number of halogens is 1. The molecule has 1 amide bonds. The summed E-state index contributed by atoms with van der Waals surface area (Å²) in [7, 11) is 1.56. The molecule has 128 valence electrons. The van der Waals surface area contributed by atoms with Crippen molar-refractivity contribution in [1.82, 2.24) is 9.88 Å². The summed E-state index contributed by atoms with van der Waals surface area (Å²) in [5.74, 6) is 0.174. The van der Waals surface area contributed by atoms with Crippen LogP contribution in [0.5, 0.6) is 5.75 Å². The van der Waals surface area contributed by atoms with E-state index in [1.807, 2.05) is 18.2 Å². The van der Waals surface area contributed by atoms with Gasteiger partial charge < -0.3 is 10.1 Å². The zero-order valence-electron chi connectivity index (χ0n) is 13.9. The number of carbonyl (C=O) groups is 2. The molecule has 0 aliphatic heterocycles. The molecule has 6 heteroatoms. The van der Waals surface area contributed by atoms with Crippen molar-refractivity contribution < 1.29 is 14.3 Å². The van der Waals surface area contributed by atoms with Crippen LogP contribution in [0.1, 0.15) is 27.6 Å². The maximum atomic E-state index is 12.7. The van der Waals surface area contributed by atoms with E-state index in [9.17, 15) is 9.59 Å². The molecule has 0 bridgehead atoms. The fourth-order valence-corrected chi connectivity index (χ4v) is 2.89. The van der Waals surface area contributed by atoms with Gasteiger partial charge in [0.2, 0.25) is 5.91 Å². The van der Waals surface area contributed by atoms with Crippen LogP contribution in [0.25, 0.3) is 10.9 Å². The highest BCUT2D eigenvalue weighted by Gasteiger charge is 2.17. The number of aromatic nitrogens is 1. The quantitative estimate of drug-likeness (QED) is 0.771. The first-order valence-corrected chi connectivity index (χ1v) is 8.10. The number of ether oxygens (including phenoxy) is 1. The number of hydrogen-bond donors (Lipinski definition) is 1. The van der Waals surface area contributed by atoms with Gasteiger partial charge in [0.25, 0.3) is 5.91 Å². The molecular weight excluding hydrogens is 340 g/mol. The molecule has 0 saturated carbocycles. The van der Waals surface area contributed by atoms with Crippen LogP contribution in [0.3, 0.4) is 0 Å². The Balaban J connectivity index is 1.95. The number of carbonyl (C=O) groups excluding carboxylic acids is 2. The van der Waals surface area contributed by atoms with E-state index in [1.165, 1.54) is 11.5 Å². The topological polar surface area (TPSA) is 60.3 Å². The molecule has 0 aliphatic rings. The van der Waals surface area contributed by atoms with Gasteiger partial charge in [0.15, 0.2) is 0 Å². The van der Waals surface area contributed by atoms with Crippen LogP contribution >= 0.6 is 11.6 Å². The molecule has 1 aromatic heterocycles. The van der Waals surface area contributed by atoms with E-state index in [2.05, 4.69) is 5.32 Å². The molecule has 3 rings (SSSR count). The first-order valence-electron chi connectivity index (χ1n) is 7.73. The standard InChI is InChI=1S/C19H17ClN2O3/c1-12(23)22-11-16(15-9-14(25-2)7-8-18(15)22)19(24)21-10-13-5-3-4-6-17(13)20/h3-9,11H,10H2,1-2H3,(H,21,24). The van der Waals surface area contributed by atoms with Crippen molar-refractivity contribution in [2.75, 3.05) is 7.11 Å². The number of fused-ring (bicyclic) bond motifs is 1. The van der Waals surface area contributed by atoms with Crippen molar-refractivity contribution in [3.05, 3.63) is 64.8 Å². The van der Waals surface area contributed by atoms with Crippen molar-refractivity contribution in [2.24, 2.45) is 0 Å². The molecule has 0 fully saturated rings. The predicted molar refractivity (Wildman–Crippen MR) is 97.4 cm³/mol. The predicted octanol–water partition coefficient (Wildman–Crippen LogP) is 3.89. The van der Waals surface area contributed by atoms with E-state index in [-0.39, 0.29) is 11.8 Å². The van der Waals surface area contributed by atoms with E-state index < -0.39 is 0 Å². The molecular formula is C19H17ClN2O3. The molecule has 0 radical (unpaired) electrons. The number of benzene rings is 2. The molecule has 0 unspecified atom stereocenters. The lowest BCUT2D eigenvalue weighted by atomic mass is 10.1. The van der Waals surface area contributed by atoms with Gasteiger partial charge in [-0.2, -0.15) is 0 Å². The fraction of sp³-hybridized carbons (Fsp3) is 0.158. The normalized spacial score (nSPS) is 10.7. The Morgan fingerprint density at radius 2 is 1.96 bits per heavy atom. The van der Waals surface area contributed by atoms with Crippen LogP contribution in [0, 0.1) is 0 Å². The summed E-state index contributed by atoms with van der Waals surface area (Å²) in [5, 5.41) is 4.10. The molecule has 1 N–H and O–H groups in total. The van der Waals surface area contributed by atoms with Gasteiger partial charge in [0.05, 0.1) is 18.2 Å². The summed E-state index contributed by atoms with van der Waals surface area (Å²) >= 11 is 6.12. The molecule has 0 aliphatic carbocycles. The van der Waals surface area contributed by atoms with Crippen molar-refractivity contribution in [1.29, 1.82) is 0 Å². The molecule has 0 atom stereocenters. The highest BCUT2D eigenvalue weighted by molar-refractivity contribution is 6.31. The number of amides is 1. The Hall–Kier alpha value is -2.79. The van der Waals surface area contributed by atoms with E-state index >= 15 is 0 Å². The number of rotatable bonds is 4. The van der Waals surface area contributed by atoms with Crippen LogP contribution in [0.15, 0.2) is 48.7 Å². The lowest BCUT2D eigenvalue weighted by molar-refractivity contribution is 0.0941. The SMILES string of the molecule is COc1ccc2c(c1)c(C(=O)NCc1ccccc1Cl)cn2C(C)=O. The van der Waals surface area contributed by atoms with Crippen LogP contribution in [-0.2, 0) is 6.54 Å². The van der Waals surface area contributed by atoms with E-state index in [0.29, 0.717) is 33.8 Å². The monoisotopic (exact) mass is 356 g/mol. The Morgan fingerprint density at radius 3 is 2.64 bits per heavy atom. The second-order valence-electron chi connectivity index (χ2n) is 5.59. The van der Waals surface area contributed by atoms with Gasteiger partial charge in [-0.1, -0.05) is 29.8 Å². The lowest BCUT2D eigenvalue weighted by Crippen LogP contribution is -2.22. The van der Waals surface area contributed by atoms with Crippen molar-refractivity contribution in [3.63, 3.8) is 0 Å². The Labute approximate surface area is 150 Å². The molecule has 1 heterocycles. The second-order valence-corrected chi connectivity index (χ2v) is 6.00. The molecule has 2 aromatic carbocycles. The largest absolute Gasteiger partial charge is 0.497 e. The number of methoxy groups -OCH3 is 1. The Bertz CT molecular complexity index is 962. The van der Waals surface area contributed by atoms with Gasteiger partial charge in [-0.15, -0.1) is 0 Å². The minimum atomic E-state index is -0.279. The van der Waals surface area contributed by atoms with E-state index in [4.69, 9.17) is 16.3 Å². The zero-order chi connectivity index (χ0) is 18.0. The molecule has 25 heavy (non-hydrogen) atoms. The highest BCUT2D eigenvalue weighted by atomic mass is 35.5. The summed E-state index contributed by atoms with van der Waals surface area (Å²) in [6.07, 6.45) is 1.55. The van der Waals surface area contributed by atoms with Gasteiger partial charge in [0, 0.05) is 30.1 Å². The molecule has 0 saturated heterocycles. The van der Waals surface area contributed by atoms with Gasteiger partial charge in [-0.3, -0.25) is 14.2 Å². The summed E-state index contributed by atoms with van der Waals surface area (Å²) in [6, 6.07) is 12.6. The maximum absolute atomic E-state index is 12.7. The highest BCUT2D eigenvalue weighted by Crippen LogP contribution is 2.26. The third-order valence-corrected chi connectivity index (χ3v) is 4.36. The average molecular weight is 357 g/mol. The number of hydrogen-bond acceptors (Lipinski definition) is 3. The third kappa shape index (κ3) is 3.37. The first kappa shape index (κ1) is 17.0. The molecule has 5 nitrogen and oxygen atoms in total. The van der Waals surface area contributed by atoms with Gasteiger partial charge >= 0.3 is 0 Å².